The van der Waals surface area contributed by atoms with E-state index in [-0.39, 0.29) is 0 Å². The van der Waals surface area contributed by atoms with E-state index in [9.17, 15) is 0 Å². The Balaban J connectivity index is 0.000000195. The van der Waals surface area contributed by atoms with E-state index in [1.54, 1.807) is 0 Å². The fraction of sp³-hybridized carbons (Fsp3) is 0.137. The number of benzene rings is 8. The van der Waals surface area contributed by atoms with Crippen molar-refractivity contribution in [2.24, 2.45) is 0 Å². The zero-order valence-electron chi connectivity index (χ0n) is 31.7. The zero-order chi connectivity index (χ0) is 37.2. The van der Waals surface area contributed by atoms with Crippen molar-refractivity contribution in [2.45, 2.75) is 20.8 Å². The van der Waals surface area contributed by atoms with Gasteiger partial charge in [-0.25, -0.2) is 0 Å². The lowest BCUT2D eigenvalue weighted by atomic mass is 9.93. The molecule has 0 bridgehead atoms. The van der Waals surface area contributed by atoms with Crippen molar-refractivity contribution in [3.63, 3.8) is 0 Å². The van der Waals surface area contributed by atoms with E-state index in [0.29, 0.717) is 0 Å². The predicted octanol–water partition coefficient (Wildman–Crippen LogP) is 11.9. The molecule has 0 aromatic heterocycles. The Hall–Kier alpha value is -4.90. The second kappa shape index (κ2) is 18.0. The molecule has 1 unspecified atom stereocenters. The zero-order valence-corrected chi connectivity index (χ0v) is 33.6. The minimum Gasteiger partial charge on any atom is -0.304 e. The largest absolute Gasteiger partial charge is 0.304 e. The summed E-state index contributed by atoms with van der Waals surface area (Å²) in [6, 6.07) is 70.9. The molecule has 1 atom stereocenters. The van der Waals surface area contributed by atoms with E-state index < -0.39 is 7.26 Å². The number of rotatable bonds is 6. The highest BCUT2D eigenvalue weighted by Gasteiger charge is 2.49. The van der Waals surface area contributed by atoms with Crippen LogP contribution in [0, 0.1) is 0 Å². The van der Waals surface area contributed by atoms with Gasteiger partial charge in [-0.05, 0) is 96.5 Å². The number of nitrogens with zero attached hydrogens (tertiary/aromatic N) is 1. The molecule has 54 heavy (non-hydrogen) atoms. The van der Waals surface area contributed by atoms with Crippen LogP contribution in [0.25, 0.3) is 43.8 Å². The molecule has 0 amide bonds. The topological polar surface area (TPSA) is 3.24 Å². The monoisotopic (exact) mass is 738 g/mol. The number of fused-ring (bicyclic) bond motifs is 7. The van der Waals surface area contributed by atoms with Gasteiger partial charge in [0.25, 0.3) is 0 Å². The molecule has 8 aromatic rings. The fourth-order valence-electron chi connectivity index (χ4n) is 7.72. The van der Waals surface area contributed by atoms with E-state index in [2.05, 4.69) is 208 Å². The van der Waals surface area contributed by atoms with Crippen LogP contribution >= 0.6 is 15.8 Å². The summed E-state index contributed by atoms with van der Waals surface area (Å²) < 4.78 is 0. The van der Waals surface area contributed by atoms with E-state index in [0.717, 1.165) is 14.5 Å². The predicted molar refractivity (Wildman–Crippen MR) is 244 cm³/mol. The molecule has 1 aliphatic heterocycles. The van der Waals surface area contributed by atoms with Crippen LogP contribution in [0.15, 0.2) is 194 Å². The SMILES string of the molecule is CCN(CC)CC.c1ccc(-c2ccccc2)cc1.c1ccc([P+]2(c3ccccc3)CPc3ccc4ccccc4c3-c3c2ccc2ccccc32)cc1. The molecular formula is C51H50NP2+. The third kappa shape index (κ3) is 7.83. The summed E-state index contributed by atoms with van der Waals surface area (Å²) in [4.78, 5) is 2.38. The smallest absolute Gasteiger partial charge is 0.117 e. The summed E-state index contributed by atoms with van der Waals surface area (Å²) in [6.07, 6.45) is 0. The molecule has 1 aliphatic rings. The van der Waals surface area contributed by atoms with Gasteiger partial charge in [-0.15, -0.1) is 0 Å². The van der Waals surface area contributed by atoms with Crippen LogP contribution in [0.3, 0.4) is 0 Å². The first-order chi connectivity index (χ1) is 26.7. The lowest BCUT2D eigenvalue weighted by Gasteiger charge is -2.28. The first kappa shape index (κ1) is 37.4. The summed E-state index contributed by atoms with van der Waals surface area (Å²) in [5.41, 5.74) is 5.44. The average Bonchev–Trinajstić information content (AvgIpc) is 3.42. The first-order valence-corrected chi connectivity index (χ1v) is 22.5. The van der Waals surface area contributed by atoms with Crippen LogP contribution < -0.4 is 21.2 Å². The molecule has 268 valence electrons. The first-order valence-electron chi connectivity index (χ1n) is 19.3. The quantitative estimate of drug-likeness (QED) is 0.154. The van der Waals surface area contributed by atoms with E-state index in [1.807, 2.05) is 12.1 Å². The van der Waals surface area contributed by atoms with Crippen molar-refractivity contribution >= 4 is 58.6 Å². The lowest BCUT2D eigenvalue weighted by Crippen LogP contribution is -2.33. The molecule has 0 saturated carbocycles. The van der Waals surface area contributed by atoms with Crippen LogP contribution in [-0.4, -0.2) is 30.4 Å². The third-order valence-corrected chi connectivity index (χ3v) is 17.5. The molecule has 0 aliphatic carbocycles. The van der Waals surface area contributed by atoms with Gasteiger partial charge in [0.05, 0.1) is 5.90 Å². The minimum absolute atomic E-state index is 0.748. The minimum atomic E-state index is -1.88. The second-order valence-corrected chi connectivity index (χ2v) is 18.8. The standard InChI is InChI=1S/C33H25P2.C12H10.C6H15N/c1-3-13-26(14-4-1)35(27-15-5-2-6-16-27)23-34-30-21-19-24-11-7-9-17-28(24)32(30)33-29-18-10-8-12-25(29)20-22-31(33)35;1-3-7-11(8-4-1)12-9-5-2-6-10-12;1-4-7(5-2)6-3/h1-22,34H,23H2;1-10H;4-6H2,1-3H3/q+1;;. The number of hydrogen-bond acceptors (Lipinski definition) is 1. The molecule has 0 radical (unpaired) electrons. The highest BCUT2D eigenvalue weighted by molar-refractivity contribution is 8.00. The van der Waals surface area contributed by atoms with Gasteiger partial charge < -0.3 is 4.90 Å². The summed E-state index contributed by atoms with van der Waals surface area (Å²) in [7, 11) is -1.13. The molecule has 0 saturated heterocycles. The van der Waals surface area contributed by atoms with Gasteiger partial charge in [-0.1, -0.05) is 185 Å². The maximum atomic E-state index is 2.47. The van der Waals surface area contributed by atoms with Crippen LogP contribution in [-0.2, 0) is 0 Å². The Labute approximate surface area is 324 Å². The van der Waals surface area contributed by atoms with Crippen LogP contribution in [0.4, 0.5) is 0 Å². The van der Waals surface area contributed by atoms with Crippen molar-refractivity contribution in [1.29, 1.82) is 0 Å². The summed E-state index contributed by atoms with van der Waals surface area (Å²) in [5, 5.41) is 11.3. The normalized spacial score (nSPS) is 13.2. The van der Waals surface area contributed by atoms with Gasteiger partial charge in [0.1, 0.15) is 23.2 Å². The Bertz CT molecular complexity index is 2310. The van der Waals surface area contributed by atoms with E-state index in [1.165, 1.54) is 84.7 Å². The molecule has 1 heterocycles. The summed E-state index contributed by atoms with van der Waals surface area (Å²) in [5.74, 6) is 1.16. The molecule has 3 heteroatoms. The van der Waals surface area contributed by atoms with Gasteiger partial charge in [0.15, 0.2) is 0 Å². The fourth-order valence-corrected chi connectivity index (χ4v) is 15.3. The number of hydrogen-bond donors (Lipinski definition) is 0. The van der Waals surface area contributed by atoms with Crippen molar-refractivity contribution in [3.8, 4) is 22.3 Å². The third-order valence-electron chi connectivity index (χ3n) is 10.6. The molecular weight excluding hydrogens is 689 g/mol. The highest BCUT2D eigenvalue weighted by Crippen LogP contribution is 2.63. The maximum Gasteiger partial charge on any atom is 0.117 e. The van der Waals surface area contributed by atoms with Gasteiger partial charge >= 0.3 is 0 Å². The molecule has 0 fully saturated rings. The van der Waals surface area contributed by atoms with Gasteiger partial charge in [-0.2, -0.15) is 0 Å². The Kier molecular flexibility index (Phi) is 12.4. The Morgan fingerprint density at radius 3 is 1.30 bits per heavy atom. The molecule has 9 rings (SSSR count). The van der Waals surface area contributed by atoms with Crippen LogP contribution in [0.1, 0.15) is 20.8 Å². The van der Waals surface area contributed by atoms with Gasteiger partial charge in [-0.3, -0.25) is 0 Å². The molecule has 0 spiro atoms. The second-order valence-electron chi connectivity index (χ2n) is 13.6. The highest BCUT2D eigenvalue weighted by atomic mass is 31.2. The molecule has 1 nitrogen and oxygen atoms in total. The summed E-state index contributed by atoms with van der Waals surface area (Å²) >= 11 is 0. The maximum absolute atomic E-state index is 2.47. The van der Waals surface area contributed by atoms with Crippen LogP contribution in [0.5, 0.6) is 0 Å². The molecule has 8 aromatic carbocycles. The van der Waals surface area contributed by atoms with Gasteiger partial charge in [0.2, 0.25) is 0 Å². The van der Waals surface area contributed by atoms with E-state index >= 15 is 0 Å². The summed E-state index contributed by atoms with van der Waals surface area (Å²) in [6.45, 7) is 10.1. The Morgan fingerprint density at radius 1 is 0.426 bits per heavy atom. The van der Waals surface area contributed by atoms with Crippen LogP contribution in [0.2, 0.25) is 0 Å². The Morgan fingerprint density at radius 2 is 0.833 bits per heavy atom. The van der Waals surface area contributed by atoms with E-state index in [4.69, 9.17) is 0 Å². The van der Waals surface area contributed by atoms with Crippen molar-refractivity contribution < 1.29 is 0 Å². The van der Waals surface area contributed by atoms with Crippen molar-refractivity contribution in [1.82, 2.24) is 4.90 Å². The lowest BCUT2D eigenvalue weighted by molar-refractivity contribution is 0.321. The van der Waals surface area contributed by atoms with Crippen molar-refractivity contribution in [3.05, 3.63) is 194 Å². The van der Waals surface area contributed by atoms with Gasteiger partial charge in [0, 0.05) is 11.1 Å². The average molecular weight is 739 g/mol. The van der Waals surface area contributed by atoms with Crippen molar-refractivity contribution in [2.75, 3.05) is 25.5 Å². The molecule has 0 N–H and O–H groups in total.